The van der Waals surface area contributed by atoms with E-state index >= 15 is 0 Å². The van der Waals surface area contributed by atoms with E-state index in [0.717, 1.165) is 25.9 Å². The van der Waals surface area contributed by atoms with Gasteiger partial charge in [0.2, 0.25) is 0 Å². The summed E-state index contributed by atoms with van der Waals surface area (Å²) in [6.45, 7) is 10.9. The Kier molecular flexibility index (Phi) is 5.60. The van der Waals surface area contributed by atoms with Gasteiger partial charge in [-0.15, -0.1) is 6.58 Å². The second-order valence-corrected chi connectivity index (χ2v) is 6.71. The number of nitrogens with one attached hydrogen (secondary N) is 1. The van der Waals surface area contributed by atoms with Crippen molar-refractivity contribution in [1.29, 1.82) is 0 Å². The fraction of sp³-hybridized carbons (Fsp3) is 0.579. The highest BCUT2D eigenvalue weighted by atomic mass is 15.2. The van der Waals surface area contributed by atoms with Crippen molar-refractivity contribution >= 4 is 0 Å². The van der Waals surface area contributed by atoms with E-state index < -0.39 is 0 Å². The van der Waals surface area contributed by atoms with Crippen LogP contribution in [0.15, 0.2) is 43.0 Å². The molecule has 3 atom stereocenters. The molecule has 0 unspecified atom stereocenters. The average molecular weight is 286 g/mol. The molecule has 0 spiro atoms. The SMILES string of the molecule is C=CC[C@]1(NCCc2ccccc2)C[C@H](C)N(C)C[C@@H]1C. The Balaban J connectivity index is 1.99. The quantitative estimate of drug-likeness (QED) is 0.805. The maximum atomic E-state index is 3.99. The maximum absolute atomic E-state index is 3.99. The molecule has 0 radical (unpaired) electrons. The summed E-state index contributed by atoms with van der Waals surface area (Å²) in [5, 5.41) is 3.89. The van der Waals surface area contributed by atoms with Crippen LogP contribution < -0.4 is 5.32 Å². The van der Waals surface area contributed by atoms with E-state index in [9.17, 15) is 0 Å². The van der Waals surface area contributed by atoms with Gasteiger partial charge in [0, 0.05) is 18.1 Å². The maximum Gasteiger partial charge on any atom is 0.0268 e. The lowest BCUT2D eigenvalue weighted by atomic mass is 9.74. The molecule has 1 aromatic rings. The van der Waals surface area contributed by atoms with Crippen molar-refractivity contribution in [2.24, 2.45) is 5.92 Å². The van der Waals surface area contributed by atoms with E-state index in [1.165, 1.54) is 12.0 Å². The first kappa shape index (κ1) is 16.3. The highest BCUT2D eigenvalue weighted by Gasteiger charge is 2.41. The lowest BCUT2D eigenvalue weighted by Crippen LogP contribution is -2.60. The van der Waals surface area contributed by atoms with Crippen molar-refractivity contribution in [2.45, 2.75) is 44.7 Å². The van der Waals surface area contributed by atoms with Crippen LogP contribution in [-0.2, 0) is 6.42 Å². The monoisotopic (exact) mass is 286 g/mol. The van der Waals surface area contributed by atoms with Gasteiger partial charge in [0.05, 0.1) is 0 Å². The van der Waals surface area contributed by atoms with Crippen molar-refractivity contribution in [1.82, 2.24) is 10.2 Å². The molecule has 1 N–H and O–H groups in total. The standard InChI is InChI=1S/C19H30N2/c1-5-12-19(14-17(3)21(4)15-16(19)2)20-13-11-18-9-7-6-8-10-18/h5-10,16-17,20H,1,11-15H2,2-4H3/t16-,17-,19-/m0/s1. The molecule has 0 aliphatic carbocycles. The van der Waals surface area contributed by atoms with Crippen LogP contribution in [0.1, 0.15) is 32.3 Å². The molecule has 0 aromatic heterocycles. The topological polar surface area (TPSA) is 15.3 Å². The fourth-order valence-electron chi connectivity index (χ4n) is 3.63. The van der Waals surface area contributed by atoms with Crippen LogP contribution >= 0.6 is 0 Å². The van der Waals surface area contributed by atoms with Gasteiger partial charge in [-0.3, -0.25) is 0 Å². The molecule has 1 fully saturated rings. The van der Waals surface area contributed by atoms with Gasteiger partial charge in [-0.2, -0.15) is 0 Å². The Morgan fingerprint density at radius 3 is 2.71 bits per heavy atom. The summed E-state index contributed by atoms with van der Waals surface area (Å²) < 4.78 is 0. The zero-order valence-corrected chi connectivity index (χ0v) is 13.8. The number of nitrogens with zero attached hydrogens (tertiary/aromatic N) is 1. The molecule has 2 nitrogen and oxygen atoms in total. The smallest absolute Gasteiger partial charge is 0.0268 e. The number of hydrogen-bond acceptors (Lipinski definition) is 2. The van der Waals surface area contributed by atoms with Gasteiger partial charge >= 0.3 is 0 Å². The third kappa shape index (κ3) is 3.96. The Hall–Kier alpha value is -1.12. The number of benzene rings is 1. The van der Waals surface area contributed by atoms with Crippen molar-refractivity contribution < 1.29 is 0 Å². The van der Waals surface area contributed by atoms with Crippen molar-refractivity contribution in [3.05, 3.63) is 48.6 Å². The Bertz CT molecular complexity index is 442. The molecular weight excluding hydrogens is 256 g/mol. The van der Waals surface area contributed by atoms with Crippen LogP contribution in [0.25, 0.3) is 0 Å². The van der Waals surface area contributed by atoms with Crippen LogP contribution in [0, 0.1) is 5.92 Å². The van der Waals surface area contributed by atoms with Crippen LogP contribution in [-0.4, -0.2) is 36.6 Å². The first-order valence-electron chi connectivity index (χ1n) is 8.17. The summed E-state index contributed by atoms with van der Waals surface area (Å²) in [5.74, 6) is 0.646. The van der Waals surface area contributed by atoms with E-state index in [1.54, 1.807) is 0 Å². The van der Waals surface area contributed by atoms with Gasteiger partial charge in [0.25, 0.3) is 0 Å². The van der Waals surface area contributed by atoms with Crippen molar-refractivity contribution in [2.75, 3.05) is 20.1 Å². The predicted molar refractivity (Wildman–Crippen MR) is 91.6 cm³/mol. The Morgan fingerprint density at radius 1 is 1.33 bits per heavy atom. The van der Waals surface area contributed by atoms with Crippen molar-refractivity contribution in [3.8, 4) is 0 Å². The van der Waals surface area contributed by atoms with Gasteiger partial charge in [-0.1, -0.05) is 43.3 Å². The molecule has 1 aliphatic heterocycles. The normalized spacial score (nSPS) is 30.2. The molecule has 2 rings (SSSR count). The molecule has 1 aromatic carbocycles. The second-order valence-electron chi connectivity index (χ2n) is 6.71. The number of rotatable bonds is 6. The molecule has 0 amide bonds. The second kappa shape index (κ2) is 7.24. The minimum atomic E-state index is 0.211. The molecule has 21 heavy (non-hydrogen) atoms. The summed E-state index contributed by atoms with van der Waals surface area (Å²) in [5.41, 5.74) is 1.62. The van der Waals surface area contributed by atoms with Crippen LogP contribution in [0.5, 0.6) is 0 Å². The van der Waals surface area contributed by atoms with E-state index in [1.807, 2.05) is 0 Å². The lowest BCUT2D eigenvalue weighted by molar-refractivity contribution is 0.0564. The van der Waals surface area contributed by atoms with Gasteiger partial charge in [0.1, 0.15) is 0 Å². The third-order valence-corrected chi connectivity index (χ3v) is 5.16. The largest absolute Gasteiger partial charge is 0.310 e. The summed E-state index contributed by atoms with van der Waals surface area (Å²) in [4.78, 5) is 2.48. The lowest BCUT2D eigenvalue weighted by Gasteiger charge is -2.49. The highest BCUT2D eigenvalue weighted by Crippen LogP contribution is 2.34. The van der Waals surface area contributed by atoms with E-state index in [0.29, 0.717) is 12.0 Å². The molecule has 1 heterocycles. The first-order chi connectivity index (χ1) is 10.1. The molecule has 116 valence electrons. The van der Waals surface area contributed by atoms with Gasteiger partial charge in [0.15, 0.2) is 0 Å². The van der Waals surface area contributed by atoms with Gasteiger partial charge in [-0.05, 0) is 51.3 Å². The van der Waals surface area contributed by atoms with Crippen LogP contribution in [0.2, 0.25) is 0 Å². The zero-order chi connectivity index (χ0) is 15.3. The molecular formula is C19H30N2. The summed E-state index contributed by atoms with van der Waals surface area (Å²) >= 11 is 0. The minimum Gasteiger partial charge on any atom is -0.310 e. The van der Waals surface area contributed by atoms with E-state index in [-0.39, 0.29) is 5.54 Å². The van der Waals surface area contributed by atoms with E-state index in [4.69, 9.17) is 0 Å². The Morgan fingerprint density at radius 2 is 2.05 bits per heavy atom. The summed E-state index contributed by atoms with van der Waals surface area (Å²) in [6.07, 6.45) is 5.44. The predicted octanol–water partition coefficient (Wildman–Crippen LogP) is 3.49. The average Bonchev–Trinajstić information content (AvgIpc) is 2.47. The third-order valence-electron chi connectivity index (χ3n) is 5.16. The molecule has 0 saturated carbocycles. The van der Waals surface area contributed by atoms with Gasteiger partial charge in [-0.25, -0.2) is 0 Å². The van der Waals surface area contributed by atoms with Crippen LogP contribution in [0.4, 0.5) is 0 Å². The van der Waals surface area contributed by atoms with E-state index in [2.05, 4.69) is 74.1 Å². The minimum absolute atomic E-state index is 0.211. The van der Waals surface area contributed by atoms with Crippen molar-refractivity contribution in [3.63, 3.8) is 0 Å². The Labute approximate surface area is 130 Å². The number of hydrogen-bond donors (Lipinski definition) is 1. The highest BCUT2D eigenvalue weighted by molar-refractivity contribution is 5.15. The molecule has 2 heteroatoms. The number of piperidine rings is 1. The summed E-state index contributed by atoms with van der Waals surface area (Å²) in [6, 6.07) is 11.4. The molecule has 1 saturated heterocycles. The first-order valence-corrected chi connectivity index (χ1v) is 8.17. The number of likely N-dealkylation sites (tertiary alicyclic amines) is 1. The summed E-state index contributed by atoms with van der Waals surface area (Å²) in [7, 11) is 2.24. The zero-order valence-electron chi connectivity index (χ0n) is 13.8. The molecule has 0 bridgehead atoms. The van der Waals surface area contributed by atoms with Crippen LogP contribution in [0.3, 0.4) is 0 Å². The van der Waals surface area contributed by atoms with Gasteiger partial charge < -0.3 is 10.2 Å². The molecule has 1 aliphatic rings. The fourth-order valence-corrected chi connectivity index (χ4v) is 3.63.